The fraction of sp³-hybridized carbons (Fsp3) is 0.484. The lowest BCUT2D eigenvalue weighted by Gasteiger charge is -2.38. The first-order valence-corrected chi connectivity index (χ1v) is 14.4. The minimum Gasteiger partial charge on any atom is -0.404 e. The molecule has 3 amide bonds. The van der Waals surface area contributed by atoms with E-state index in [1.54, 1.807) is 11.1 Å². The third-order valence-corrected chi connectivity index (χ3v) is 8.99. The van der Waals surface area contributed by atoms with Crippen molar-refractivity contribution < 1.29 is 14.4 Å². The van der Waals surface area contributed by atoms with E-state index in [2.05, 4.69) is 10.2 Å². The van der Waals surface area contributed by atoms with E-state index < -0.39 is 11.9 Å². The number of allylic oxidation sites excluding steroid dienone is 1. The molecule has 1 unspecified atom stereocenters. The van der Waals surface area contributed by atoms with Gasteiger partial charge in [0, 0.05) is 49.1 Å². The Morgan fingerprint density at radius 1 is 1.00 bits per heavy atom. The SMILES string of the molecule is NC=C(C=NC1CCN(C2CCCCC2)CC1)Cc1ccc2c3c(cccc13)C(=O)N2C1CCC(=O)NC1=O. The van der Waals surface area contributed by atoms with Gasteiger partial charge in [-0.15, -0.1) is 0 Å². The van der Waals surface area contributed by atoms with E-state index in [4.69, 9.17) is 10.7 Å². The summed E-state index contributed by atoms with van der Waals surface area (Å²) >= 11 is 0. The molecule has 6 rings (SSSR count). The maximum Gasteiger partial charge on any atom is 0.259 e. The van der Waals surface area contributed by atoms with Crippen LogP contribution in [0.3, 0.4) is 0 Å². The highest BCUT2D eigenvalue weighted by Gasteiger charge is 2.40. The third-order valence-electron chi connectivity index (χ3n) is 8.99. The molecule has 2 saturated heterocycles. The fourth-order valence-corrected chi connectivity index (χ4v) is 6.87. The van der Waals surface area contributed by atoms with Crippen LogP contribution in [0.2, 0.25) is 0 Å². The number of amides is 3. The monoisotopic (exact) mass is 527 g/mol. The molecule has 0 spiro atoms. The Morgan fingerprint density at radius 3 is 2.54 bits per heavy atom. The van der Waals surface area contributed by atoms with E-state index in [0.29, 0.717) is 24.4 Å². The van der Waals surface area contributed by atoms with Crippen molar-refractivity contribution in [1.82, 2.24) is 10.2 Å². The number of carbonyl (C=O) groups is 3. The van der Waals surface area contributed by atoms with Gasteiger partial charge in [0.15, 0.2) is 0 Å². The summed E-state index contributed by atoms with van der Waals surface area (Å²) in [5.41, 5.74) is 9.36. The van der Waals surface area contributed by atoms with Gasteiger partial charge >= 0.3 is 0 Å². The number of hydrogen-bond acceptors (Lipinski definition) is 6. The van der Waals surface area contributed by atoms with Crippen LogP contribution in [0.1, 0.15) is 73.7 Å². The van der Waals surface area contributed by atoms with Crippen molar-refractivity contribution in [2.75, 3.05) is 18.0 Å². The maximum atomic E-state index is 13.4. The molecule has 8 heteroatoms. The molecule has 3 heterocycles. The van der Waals surface area contributed by atoms with Gasteiger partial charge in [0.2, 0.25) is 11.8 Å². The molecular formula is C31H37N5O3. The van der Waals surface area contributed by atoms with Gasteiger partial charge in [-0.1, -0.05) is 37.5 Å². The van der Waals surface area contributed by atoms with Crippen LogP contribution in [0.25, 0.3) is 10.8 Å². The molecule has 39 heavy (non-hydrogen) atoms. The molecule has 0 radical (unpaired) electrons. The largest absolute Gasteiger partial charge is 0.404 e. The number of likely N-dealkylation sites (tertiary alicyclic amines) is 1. The van der Waals surface area contributed by atoms with E-state index in [0.717, 1.165) is 59.6 Å². The van der Waals surface area contributed by atoms with Gasteiger partial charge in [0.25, 0.3) is 5.91 Å². The molecule has 1 aliphatic carbocycles. The molecule has 1 saturated carbocycles. The number of nitrogens with two attached hydrogens (primary N) is 1. The van der Waals surface area contributed by atoms with Crippen molar-refractivity contribution in [3.05, 3.63) is 53.2 Å². The molecule has 0 bridgehead atoms. The molecule has 2 aromatic rings. The molecular weight excluding hydrogens is 490 g/mol. The highest BCUT2D eigenvalue weighted by molar-refractivity contribution is 6.27. The minimum atomic E-state index is -0.687. The van der Waals surface area contributed by atoms with Crippen molar-refractivity contribution in [2.45, 2.75) is 82.3 Å². The second-order valence-corrected chi connectivity index (χ2v) is 11.4. The van der Waals surface area contributed by atoms with Crippen LogP contribution in [0, 0.1) is 0 Å². The number of imide groups is 1. The quantitative estimate of drug-likeness (QED) is 0.438. The zero-order chi connectivity index (χ0) is 26.9. The molecule has 3 aliphatic heterocycles. The summed E-state index contributed by atoms with van der Waals surface area (Å²) in [4.78, 5) is 46.8. The molecule has 3 N–H and O–H groups in total. The molecule has 3 fully saturated rings. The number of piperidine rings is 2. The van der Waals surface area contributed by atoms with E-state index in [-0.39, 0.29) is 18.2 Å². The molecule has 8 nitrogen and oxygen atoms in total. The van der Waals surface area contributed by atoms with E-state index in [1.807, 2.05) is 36.5 Å². The van der Waals surface area contributed by atoms with Crippen LogP contribution in [0.5, 0.6) is 0 Å². The number of rotatable bonds is 6. The predicted molar refractivity (Wildman–Crippen MR) is 153 cm³/mol. The van der Waals surface area contributed by atoms with Gasteiger partial charge < -0.3 is 10.6 Å². The summed E-state index contributed by atoms with van der Waals surface area (Å²) in [6, 6.07) is 10.1. The Hall–Kier alpha value is -3.52. The van der Waals surface area contributed by atoms with Crippen molar-refractivity contribution in [3.63, 3.8) is 0 Å². The van der Waals surface area contributed by atoms with Crippen molar-refractivity contribution in [3.8, 4) is 0 Å². The normalized spacial score (nSPS) is 23.8. The Balaban J connectivity index is 1.17. The van der Waals surface area contributed by atoms with Crippen LogP contribution >= 0.6 is 0 Å². The lowest BCUT2D eigenvalue weighted by atomic mass is 9.92. The lowest BCUT2D eigenvalue weighted by Crippen LogP contribution is -2.53. The van der Waals surface area contributed by atoms with E-state index in [1.165, 1.54) is 32.1 Å². The van der Waals surface area contributed by atoms with Gasteiger partial charge in [0.05, 0.1) is 11.7 Å². The van der Waals surface area contributed by atoms with E-state index >= 15 is 0 Å². The lowest BCUT2D eigenvalue weighted by molar-refractivity contribution is -0.134. The first kappa shape index (κ1) is 25.7. The van der Waals surface area contributed by atoms with Gasteiger partial charge in [-0.2, -0.15) is 0 Å². The molecule has 2 aromatic carbocycles. The summed E-state index contributed by atoms with van der Waals surface area (Å²) in [6.45, 7) is 2.25. The Bertz CT molecular complexity index is 1350. The van der Waals surface area contributed by atoms with Crippen LogP contribution in [-0.4, -0.2) is 60.1 Å². The predicted octanol–water partition coefficient (Wildman–Crippen LogP) is 3.86. The van der Waals surface area contributed by atoms with Crippen LogP contribution in [0.4, 0.5) is 5.69 Å². The third kappa shape index (κ3) is 4.98. The molecule has 1 atom stereocenters. The zero-order valence-electron chi connectivity index (χ0n) is 22.4. The van der Waals surface area contributed by atoms with Gasteiger partial charge in [-0.25, -0.2) is 0 Å². The second kappa shape index (κ2) is 10.9. The standard InChI is InChI=1S/C31H37N5O3/c32-18-20(19-33-22-13-15-35(16-14-22)23-5-2-1-3-6-23)17-21-9-10-26-29-24(21)7-4-8-25(29)31(39)36(26)27-11-12-28(37)34-30(27)38/h4,7-10,18-19,22-23,27H,1-3,5-6,11-17,32H2,(H,34,37,38). The van der Waals surface area contributed by atoms with Gasteiger partial charge in [0.1, 0.15) is 6.04 Å². The summed E-state index contributed by atoms with van der Waals surface area (Å²) < 4.78 is 0. The van der Waals surface area contributed by atoms with Gasteiger partial charge in [-0.05, 0) is 67.0 Å². The number of aliphatic imine (C=N–C) groups is 1. The van der Waals surface area contributed by atoms with Crippen molar-refractivity contribution >= 4 is 40.4 Å². The highest BCUT2D eigenvalue weighted by Crippen LogP contribution is 2.41. The van der Waals surface area contributed by atoms with Crippen molar-refractivity contribution in [1.29, 1.82) is 0 Å². The smallest absolute Gasteiger partial charge is 0.259 e. The number of benzene rings is 2. The zero-order valence-corrected chi connectivity index (χ0v) is 22.4. The molecule has 204 valence electrons. The Labute approximate surface area is 229 Å². The number of hydrogen-bond donors (Lipinski definition) is 2. The van der Waals surface area contributed by atoms with Crippen LogP contribution in [0.15, 0.2) is 47.1 Å². The first-order chi connectivity index (χ1) is 19.0. The topological polar surface area (TPSA) is 108 Å². The fourth-order valence-electron chi connectivity index (χ4n) is 6.87. The number of nitrogens with one attached hydrogen (secondary N) is 1. The minimum absolute atomic E-state index is 0.196. The molecule has 4 aliphatic rings. The molecule has 0 aromatic heterocycles. The van der Waals surface area contributed by atoms with E-state index in [9.17, 15) is 14.4 Å². The van der Waals surface area contributed by atoms with Crippen molar-refractivity contribution in [2.24, 2.45) is 10.7 Å². The number of nitrogens with zero attached hydrogens (tertiary/aromatic N) is 3. The average Bonchev–Trinajstić information content (AvgIpc) is 3.25. The Kier molecular flexibility index (Phi) is 7.21. The van der Waals surface area contributed by atoms with Gasteiger partial charge in [-0.3, -0.25) is 29.6 Å². The summed E-state index contributed by atoms with van der Waals surface area (Å²) in [7, 11) is 0. The van der Waals surface area contributed by atoms with Crippen LogP contribution < -0.4 is 16.0 Å². The Morgan fingerprint density at radius 2 is 1.79 bits per heavy atom. The number of anilines is 1. The van der Waals surface area contributed by atoms with Crippen LogP contribution in [-0.2, 0) is 16.0 Å². The summed E-state index contributed by atoms with van der Waals surface area (Å²) in [6.07, 6.45) is 13.7. The maximum absolute atomic E-state index is 13.4. The summed E-state index contributed by atoms with van der Waals surface area (Å²) in [5, 5.41) is 4.21. The highest BCUT2D eigenvalue weighted by atomic mass is 16.2. The number of carbonyl (C=O) groups excluding carboxylic acids is 3. The first-order valence-electron chi connectivity index (χ1n) is 14.4. The average molecular weight is 528 g/mol. The second-order valence-electron chi connectivity index (χ2n) is 11.4. The summed E-state index contributed by atoms with van der Waals surface area (Å²) in [5.74, 6) is -0.907.